The molecule has 5 heteroatoms. The summed E-state index contributed by atoms with van der Waals surface area (Å²) in [6.07, 6.45) is 1.44. The number of aliphatic imine (C=N–C) groups is 1. The van der Waals surface area contributed by atoms with Gasteiger partial charge in [0.05, 0.1) is 18.7 Å². The molecular formula is C10H10ClNO3. The van der Waals surface area contributed by atoms with Crippen molar-refractivity contribution in [1.82, 2.24) is 0 Å². The van der Waals surface area contributed by atoms with Gasteiger partial charge in [-0.2, -0.15) is 0 Å². The van der Waals surface area contributed by atoms with Gasteiger partial charge in [0.25, 0.3) is 0 Å². The molecule has 0 unspecified atom stereocenters. The Hall–Kier alpha value is -1.51. The zero-order valence-corrected chi connectivity index (χ0v) is 9.13. The first-order valence-electron chi connectivity index (χ1n) is 4.20. The monoisotopic (exact) mass is 227 g/mol. The number of aryl methyl sites for hydroxylation is 1. The topological polar surface area (TPSA) is 58.9 Å². The molecule has 0 bridgehead atoms. The lowest BCUT2D eigenvalue weighted by Gasteiger charge is -2.11. The number of carbonyl (C=O) groups excluding carboxylic acids is 1. The van der Waals surface area contributed by atoms with Crippen molar-refractivity contribution in [3.63, 3.8) is 0 Å². The van der Waals surface area contributed by atoms with Crippen molar-refractivity contribution in [2.45, 2.75) is 13.5 Å². The largest absolute Gasteiger partial charge is 0.504 e. The minimum Gasteiger partial charge on any atom is -0.504 e. The van der Waals surface area contributed by atoms with Gasteiger partial charge in [0.1, 0.15) is 0 Å². The Labute approximate surface area is 92.2 Å². The van der Waals surface area contributed by atoms with Crippen LogP contribution in [0.2, 0.25) is 5.02 Å². The number of ether oxygens (including phenoxy) is 1. The molecule has 0 aromatic heterocycles. The van der Waals surface area contributed by atoms with Gasteiger partial charge in [0, 0.05) is 0 Å². The number of benzene rings is 1. The normalized spacial score (nSPS) is 9.53. The fraction of sp³-hybridized carbons (Fsp3) is 0.300. The van der Waals surface area contributed by atoms with Crippen LogP contribution in [0.3, 0.4) is 0 Å². The maximum atomic E-state index is 10.0. The zero-order chi connectivity index (χ0) is 11.4. The first-order chi connectivity index (χ1) is 7.11. The maximum absolute atomic E-state index is 10.0. The molecule has 0 aliphatic heterocycles. The number of isocyanates is 1. The molecule has 1 rings (SSSR count). The van der Waals surface area contributed by atoms with Crippen molar-refractivity contribution in [2.24, 2.45) is 4.99 Å². The van der Waals surface area contributed by atoms with Crippen molar-refractivity contribution in [3.8, 4) is 11.5 Å². The van der Waals surface area contributed by atoms with Gasteiger partial charge in [0.2, 0.25) is 6.08 Å². The second-order valence-corrected chi connectivity index (χ2v) is 3.32. The number of phenols is 1. The summed E-state index contributed by atoms with van der Waals surface area (Å²) in [6, 6.07) is 1.51. The van der Waals surface area contributed by atoms with E-state index in [-0.39, 0.29) is 23.1 Å². The molecular weight excluding hydrogens is 218 g/mol. The van der Waals surface area contributed by atoms with Crippen molar-refractivity contribution in [2.75, 3.05) is 7.11 Å². The predicted molar refractivity (Wildman–Crippen MR) is 56.2 cm³/mol. The fourth-order valence-electron chi connectivity index (χ4n) is 1.28. The van der Waals surface area contributed by atoms with Gasteiger partial charge in [-0.05, 0) is 24.1 Å². The molecule has 0 aliphatic rings. The van der Waals surface area contributed by atoms with Gasteiger partial charge in [-0.25, -0.2) is 9.79 Å². The SMILES string of the molecule is COc1c(O)cc(C)c(CN=C=O)c1Cl. The van der Waals surface area contributed by atoms with Crippen molar-refractivity contribution >= 4 is 17.7 Å². The van der Waals surface area contributed by atoms with Crippen LogP contribution in [0.5, 0.6) is 11.5 Å². The Bertz CT molecular complexity index is 425. The van der Waals surface area contributed by atoms with E-state index in [9.17, 15) is 9.90 Å². The van der Waals surface area contributed by atoms with Crippen LogP contribution in [0.1, 0.15) is 11.1 Å². The van der Waals surface area contributed by atoms with Gasteiger partial charge in [-0.15, -0.1) is 0 Å². The van der Waals surface area contributed by atoms with Crippen LogP contribution in [-0.2, 0) is 11.3 Å². The smallest absolute Gasteiger partial charge is 0.235 e. The molecule has 0 fully saturated rings. The Morgan fingerprint density at radius 3 is 2.87 bits per heavy atom. The van der Waals surface area contributed by atoms with E-state index in [0.29, 0.717) is 5.56 Å². The fourth-order valence-corrected chi connectivity index (χ4v) is 1.66. The average molecular weight is 228 g/mol. The molecule has 0 saturated heterocycles. The van der Waals surface area contributed by atoms with E-state index in [1.807, 2.05) is 0 Å². The Balaban J connectivity index is 3.31. The average Bonchev–Trinajstić information content (AvgIpc) is 2.17. The van der Waals surface area contributed by atoms with Crippen LogP contribution in [0.4, 0.5) is 0 Å². The van der Waals surface area contributed by atoms with Gasteiger partial charge >= 0.3 is 0 Å². The third-order valence-corrected chi connectivity index (χ3v) is 2.43. The van der Waals surface area contributed by atoms with E-state index in [1.165, 1.54) is 19.3 Å². The molecule has 0 atom stereocenters. The van der Waals surface area contributed by atoms with E-state index < -0.39 is 0 Å². The highest BCUT2D eigenvalue weighted by atomic mass is 35.5. The van der Waals surface area contributed by atoms with Crippen LogP contribution in [0, 0.1) is 6.92 Å². The van der Waals surface area contributed by atoms with E-state index in [2.05, 4.69) is 4.99 Å². The van der Waals surface area contributed by atoms with Crippen LogP contribution in [0.25, 0.3) is 0 Å². The zero-order valence-electron chi connectivity index (χ0n) is 8.37. The number of hydrogen-bond donors (Lipinski definition) is 1. The van der Waals surface area contributed by atoms with E-state index in [1.54, 1.807) is 6.92 Å². The highest BCUT2D eigenvalue weighted by molar-refractivity contribution is 6.33. The number of aromatic hydroxyl groups is 1. The summed E-state index contributed by atoms with van der Waals surface area (Å²) in [4.78, 5) is 13.4. The molecule has 0 aliphatic carbocycles. The molecule has 80 valence electrons. The summed E-state index contributed by atoms with van der Waals surface area (Å²) in [5.74, 6) is 0.164. The van der Waals surface area contributed by atoms with Crippen molar-refractivity contribution < 1.29 is 14.6 Å². The lowest BCUT2D eigenvalue weighted by Crippen LogP contribution is -1.94. The number of hydrogen-bond acceptors (Lipinski definition) is 4. The molecule has 0 heterocycles. The third kappa shape index (κ3) is 2.29. The summed E-state index contributed by atoms with van der Waals surface area (Å²) >= 11 is 5.98. The van der Waals surface area contributed by atoms with E-state index in [0.717, 1.165) is 5.56 Å². The summed E-state index contributed by atoms with van der Waals surface area (Å²) in [5.41, 5.74) is 1.40. The number of methoxy groups -OCH3 is 1. The summed E-state index contributed by atoms with van der Waals surface area (Å²) in [5, 5.41) is 9.78. The lowest BCUT2D eigenvalue weighted by molar-refractivity contribution is 0.373. The van der Waals surface area contributed by atoms with Gasteiger partial charge in [0.15, 0.2) is 11.5 Å². The summed E-state index contributed by atoms with van der Waals surface area (Å²) in [7, 11) is 1.41. The Morgan fingerprint density at radius 2 is 2.33 bits per heavy atom. The summed E-state index contributed by atoms with van der Waals surface area (Å²) < 4.78 is 4.93. The maximum Gasteiger partial charge on any atom is 0.235 e. The molecule has 1 aromatic rings. The van der Waals surface area contributed by atoms with Crippen molar-refractivity contribution in [3.05, 3.63) is 22.2 Å². The number of rotatable bonds is 3. The molecule has 4 nitrogen and oxygen atoms in total. The minimum absolute atomic E-state index is 0.0289. The van der Waals surface area contributed by atoms with Crippen molar-refractivity contribution in [1.29, 1.82) is 0 Å². The minimum atomic E-state index is -0.0289. The van der Waals surface area contributed by atoms with Crippen LogP contribution in [0.15, 0.2) is 11.1 Å². The first kappa shape index (κ1) is 11.6. The highest BCUT2D eigenvalue weighted by Crippen LogP contribution is 2.38. The van der Waals surface area contributed by atoms with E-state index >= 15 is 0 Å². The molecule has 0 spiro atoms. The van der Waals surface area contributed by atoms with Crippen LogP contribution >= 0.6 is 11.6 Å². The molecule has 1 N–H and O–H groups in total. The molecule has 15 heavy (non-hydrogen) atoms. The van der Waals surface area contributed by atoms with Crippen LogP contribution in [-0.4, -0.2) is 18.3 Å². The first-order valence-corrected chi connectivity index (χ1v) is 4.58. The predicted octanol–water partition coefficient (Wildman–Crippen LogP) is 2.20. The number of nitrogens with zero attached hydrogens (tertiary/aromatic N) is 1. The Morgan fingerprint density at radius 1 is 1.67 bits per heavy atom. The quantitative estimate of drug-likeness (QED) is 0.636. The number of halogens is 1. The lowest BCUT2D eigenvalue weighted by atomic mass is 10.1. The second-order valence-electron chi connectivity index (χ2n) is 2.95. The molecule has 0 saturated carbocycles. The van der Waals surface area contributed by atoms with Gasteiger partial charge in [-0.3, -0.25) is 0 Å². The number of phenolic OH excluding ortho intramolecular Hbond substituents is 1. The standard InChI is InChI=1S/C10H10ClNO3/c1-6-3-8(14)10(15-2)9(11)7(6)4-12-5-13/h3,14H,4H2,1-2H3. The van der Waals surface area contributed by atoms with E-state index in [4.69, 9.17) is 16.3 Å². The molecule has 0 amide bonds. The summed E-state index contributed by atoms with van der Waals surface area (Å²) in [6.45, 7) is 1.89. The van der Waals surface area contributed by atoms with Gasteiger partial charge in [-0.1, -0.05) is 11.6 Å². The van der Waals surface area contributed by atoms with Gasteiger partial charge < -0.3 is 9.84 Å². The molecule has 1 aromatic carbocycles. The Kier molecular flexibility index (Phi) is 3.72. The van der Waals surface area contributed by atoms with Crippen LogP contribution < -0.4 is 4.74 Å². The highest BCUT2D eigenvalue weighted by Gasteiger charge is 2.14. The third-order valence-electron chi connectivity index (χ3n) is 2.03. The molecule has 0 radical (unpaired) electrons. The second kappa shape index (κ2) is 4.82.